The second-order valence-corrected chi connectivity index (χ2v) is 8.99. The molecule has 1 aliphatic heterocycles. The largest absolute Gasteiger partial charge is 0.338 e. The molecule has 2 heterocycles. The zero-order chi connectivity index (χ0) is 15.1. The topological polar surface area (TPSA) is 66.5 Å². The van der Waals surface area contributed by atoms with Crippen LogP contribution in [0.25, 0.3) is 0 Å². The van der Waals surface area contributed by atoms with Gasteiger partial charge in [0.15, 0.2) is 0 Å². The first kappa shape index (κ1) is 15.0. The highest BCUT2D eigenvalue weighted by molar-refractivity contribution is 7.88. The summed E-state index contributed by atoms with van der Waals surface area (Å²) in [5.74, 6) is 0.130. The first-order valence-electron chi connectivity index (χ1n) is 7.17. The van der Waals surface area contributed by atoms with E-state index in [1.807, 2.05) is 22.4 Å². The summed E-state index contributed by atoms with van der Waals surface area (Å²) in [6.45, 7) is 1.56. The minimum Gasteiger partial charge on any atom is -0.338 e. The highest BCUT2D eigenvalue weighted by atomic mass is 32.2. The molecular weight excluding hydrogens is 308 g/mol. The molecule has 3 rings (SSSR count). The molecule has 0 atom stereocenters. The Morgan fingerprint density at radius 2 is 2.05 bits per heavy atom. The fourth-order valence-electron chi connectivity index (χ4n) is 3.52. The summed E-state index contributed by atoms with van der Waals surface area (Å²) < 4.78 is 25.1. The first-order chi connectivity index (χ1) is 9.87. The van der Waals surface area contributed by atoms with Gasteiger partial charge in [-0.25, -0.2) is 13.1 Å². The average Bonchev–Trinajstić information content (AvgIpc) is 2.89. The van der Waals surface area contributed by atoms with Crippen LogP contribution in [0.5, 0.6) is 0 Å². The SMILES string of the molecule is CS(=O)(=O)NC1CC2(CCN(C(=O)c3cccs3)CC2)C1. The van der Waals surface area contributed by atoms with Crippen LogP contribution in [0, 0.1) is 5.41 Å². The van der Waals surface area contributed by atoms with Gasteiger partial charge in [-0.05, 0) is 42.5 Å². The quantitative estimate of drug-likeness (QED) is 0.918. The maximum absolute atomic E-state index is 12.3. The molecule has 2 fully saturated rings. The van der Waals surface area contributed by atoms with Crippen molar-refractivity contribution in [3.8, 4) is 0 Å². The number of thiophene rings is 1. The van der Waals surface area contributed by atoms with Crippen LogP contribution in [0.4, 0.5) is 0 Å². The lowest BCUT2D eigenvalue weighted by atomic mass is 9.60. The number of rotatable bonds is 3. The Balaban J connectivity index is 1.52. The highest BCUT2D eigenvalue weighted by Crippen LogP contribution is 2.49. The number of hydrogen-bond acceptors (Lipinski definition) is 4. The Hall–Kier alpha value is -0.920. The lowest BCUT2D eigenvalue weighted by Crippen LogP contribution is -2.55. The summed E-state index contributed by atoms with van der Waals surface area (Å²) >= 11 is 1.48. The highest BCUT2D eigenvalue weighted by Gasteiger charge is 2.47. The van der Waals surface area contributed by atoms with Gasteiger partial charge in [0.1, 0.15) is 0 Å². The number of likely N-dealkylation sites (tertiary alicyclic amines) is 1. The van der Waals surface area contributed by atoms with Crippen LogP contribution < -0.4 is 4.72 Å². The third-order valence-electron chi connectivity index (χ3n) is 4.58. The zero-order valence-corrected chi connectivity index (χ0v) is 13.7. The maximum Gasteiger partial charge on any atom is 0.263 e. The molecule has 1 saturated heterocycles. The lowest BCUT2D eigenvalue weighted by Gasteiger charge is -2.52. The number of nitrogens with one attached hydrogen (secondary N) is 1. The first-order valence-corrected chi connectivity index (χ1v) is 9.94. The van der Waals surface area contributed by atoms with E-state index >= 15 is 0 Å². The minimum absolute atomic E-state index is 0.0829. The number of hydrogen-bond donors (Lipinski definition) is 1. The molecule has 1 aromatic heterocycles. The standard InChI is InChI=1S/C14H20N2O3S2/c1-21(18,19)15-11-9-14(10-11)4-6-16(7-5-14)13(17)12-3-2-8-20-12/h2-3,8,11,15H,4-7,9-10H2,1H3. The predicted octanol–water partition coefficient (Wildman–Crippen LogP) is 1.68. The van der Waals surface area contributed by atoms with Crippen molar-refractivity contribution in [3.05, 3.63) is 22.4 Å². The average molecular weight is 328 g/mol. The Morgan fingerprint density at radius 1 is 1.38 bits per heavy atom. The molecule has 0 aromatic carbocycles. The van der Waals surface area contributed by atoms with Gasteiger partial charge in [-0.3, -0.25) is 4.79 Å². The molecule has 1 amide bonds. The van der Waals surface area contributed by atoms with Gasteiger partial charge in [0.05, 0.1) is 11.1 Å². The molecule has 116 valence electrons. The fraction of sp³-hybridized carbons (Fsp3) is 0.643. The van der Waals surface area contributed by atoms with Crippen molar-refractivity contribution >= 4 is 27.3 Å². The van der Waals surface area contributed by atoms with E-state index in [9.17, 15) is 13.2 Å². The summed E-state index contributed by atoms with van der Waals surface area (Å²) in [5.41, 5.74) is 0.245. The zero-order valence-electron chi connectivity index (χ0n) is 12.0. The van der Waals surface area contributed by atoms with Crippen LogP contribution >= 0.6 is 11.3 Å². The molecule has 1 saturated carbocycles. The number of carbonyl (C=O) groups excluding carboxylic acids is 1. The number of sulfonamides is 1. The van der Waals surface area contributed by atoms with Crippen molar-refractivity contribution in [3.63, 3.8) is 0 Å². The Labute approximate surface area is 129 Å². The van der Waals surface area contributed by atoms with Gasteiger partial charge in [-0.15, -0.1) is 11.3 Å². The molecule has 1 N–H and O–H groups in total. The lowest BCUT2D eigenvalue weighted by molar-refractivity contribution is 0.0140. The molecular formula is C14H20N2O3S2. The molecule has 1 aromatic rings. The van der Waals surface area contributed by atoms with Gasteiger partial charge in [0.25, 0.3) is 5.91 Å². The van der Waals surface area contributed by atoms with Crippen LogP contribution in [0.15, 0.2) is 17.5 Å². The molecule has 1 spiro atoms. The minimum atomic E-state index is -3.11. The van der Waals surface area contributed by atoms with Crippen LogP contribution in [-0.2, 0) is 10.0 Å². The summed E-state index contributed by atoms with van der Waals surface area (Å²) in [4.78, 5) is 15.0. The Morgan fingerprint density at radius 3 is 2.57 bits per heavy atom. The van der Waals surface area contributed by atoms with Crippen LogP contribution in [0.3, 0.4) is 0 Å². The van der Waals surface area contributed by atoms with Crippen molar-refractivity contribution in [2.45, 2.75) is 31.7 Å². The summed E-state index contributed by atoms with van der Waals surface area (Å²) in [5, 5.41) is 1.92. The van der Waals surface area contributed by atoms with Gasteiger partial charge in [0.2, 0.25) is 10.0 Å². The van der Waals surface area contributed by atoms with Crippen molar-refractivity contribution < 1.29 is 13.2 Å². The molecule has 21 heavy (non-hydrogen) atoms. The van der Waals surface area contributed by atoms with Crippen LogP contribution in [0.1, 0.15) is 35.4 Å². The van der Waals surface area contributed by atoms with Crippen molar-refractivity contribution in [2.75, 3.05) is 19.3 Å². The maximum atomic E-state index is 12.3. The molecule has 0 bridgehead atoms. The smallest absolute Gasteiger partial charge is 0.263 e. The second kappa shape index (κ2) is 5.37. The monoisotopic (exact) mass is 328 g/mol. The number of piperidine rings is 1. The third-order valence-corrected chi connectivity index (χ3v) is 6.20. The molecule has 1 aliphatic carbocycles. The Bertz CT molecular complexity index is 609. The van der Waals surface area contributed by atoms with E-state index in [1.54, 1.807) is 0 Å². The van der Waals surface area contributed by atoms with Crippen molar-refractivity contribution in [1.29, 1.82) is 0 Å². The third kappa shape index (κ3) is 3.30. The van der Waals surface area contributed by atoms with E-state index in [0.717, 1.165) is 43.6 Å². The van der Waals surface area contributed by atoms with Crippen LogP contribution in [-0.4, -0.2) is 44.6 Å². The summed E-state index contributed by atoms with van der Waals surface area (Å²) in [7, 11) is -3.11. The number of carbonyl (C=O) groups is 1. The van der Waals surface area contributed by atoms with E-state index < -0.39 is 10.0 Å². The fourth-order valence-corrected chi connectivity index (χ4v) is 4.98. The normalized spacial score (nSPS) is 22.2. The predicted molar refractivity (Wildman–Crippen MR) is 82.9 cm³/mol. The van der Waals surface area contributed by atoms with Crippen LogP contribution in [0.2, 0.25) is 0 Å². The summed E-state index contributed by atoms with van der Waals surface area (Å²) in [6, 6.07) is 3.85. The molecule has 0 unspecified atom stereocenters. The van der Waals surface area contributed by atoms with Crippen molar-refractivity contribution in [1.82, 2.24) is 9.62 Å². The molecule has 0 radical (unpaired) electrons. The van der Waals surface area contributed by atoms with E-state index in [2.05, 4.69) is 4.72 Å². The molecule has 5 nitrogen and oxygen atoms in total. The van der Waals surface area contributed by atoms with Gasteiger partial charge in [-0.2, -0.15) is 0 Å². The van der Waals surface area contributed by atoms with E-state index in [0.29, 0.717) is 0 Å². The van der Waals surface area contributed by atoms with E-state index in [-0.39, 0.29) is 17.4 Å². The van der Waals surface area contributed by atoms with Gasteiger partial charge < -0.3 is 4.90 Å². The summed E-state index contributed by atoms with van der Waals surface area (Å²) in [6.07, 6.45) is 4.97. The van der Waals surface area contributed by atoms with Gasteiger partial charge in [0, 0.05) is 19.1 Å². The van der Waals surface area contributed by atoms with Gasteiger partial charge in [-0.1, -0.05) is 6.07 Å². The van der Waals surface area contributed by atoms with E-state index in [4.69, 9.17) is 0 Å². The molecule has 7 heteroatoms. The molecule has 2 aliphatic rings. The van der Waals surface area contributed by atoms with E-state index in [1.165, 1.54) is 17.6 Å². The second-order valence-electron chi connectivity index (χ2n) is 6.26. The Kier molecular flexibility index (Phi) is 3.83. The van der Waals surface area contributed by atoms with Gasteiger partial charge >= 0.3 is 0 Å². The number of amides is 1. The van der Waals surface area contributed by atoms with Crippen molar-refractivity contribution in [2.24, 2.45) is 5.41 Å². The number of nitrogens with zero attached hydrogens (tertiary/aromatic N) is 1.